The highest BCUT2D eigenvalue weighted by Crippen LogP contribution is 2.18. The van der Waals surface area contributed by atoms with E-state index < -0.39 is 0 Å². The topological polar surface area (TPSA) is 51.4 Å². The van der Waals surface area contributed by atoms with E-state index >= 15 is 0 Å². The van der Waals surface area contributed by atoms with Crippen LogP contribution in [0.25, 0.3) is 0 Å². The summed E-state index contributed by atoms with van der Waals surface area (Å²) in [5, 5.41) is 0. The maximum absolute atomic E-state index is 5.89. The molecule has 1 aromatic heterocycles. The highest BCUT2D eigenvalue weighted by Gasteiger charge is 2.11. The average Bonchev–Trinajstić information content (AvgIpc) is 2.35. The molecular formula is C14H25N3O. The summed E-state index contributed by atoms with van der Waals surface area (Å²) in [5.41, 5.74) is 7.10. The molecule has 0 aliphatic heterocycles. The SMILES string of the molecule is CCOCCN(CC)c1ncccc1CC(C)N. The first-order chi connectivity index (χ1) is 8.69. The Hall–Kier alpha value is -1.13. The van der Waals surface area contributed by atoms with Crippen molar-refractivity contribution in [1.29, 1.82) is 0 Å². The molecule has 1 aromatic rings. The molecule has 4 nitrogen and oxygen atoms in total. The van der Waals surface area contributed by atoms with Crippen molar-refractivity contribution < 1.29 is 4.74 Å². The first-order valence-corrected chi connectivity index (χ1v) is 6.71. The van der Waals surface area contributed by atoms with Gasteiger partial charge in [-0.3, -0.25) is 0 Å². The van der Waals surface area contributed by atoms with Gasteiger partial charge in [-0.25, -0.2) is 4.98 Å². The van der Waals surface area contributed by atoms with Gasteiger partial charge in [-0.15, -0.1) is 0 Å². The molecule has 1 unspecified atom stereocenters. The number of rotatable bonds is 8. The molecule has 2 N–H and O–H groups in total. The van der Waals surface area contributed by atoms with E-state index in [4.69, 9.17) is 10.5 Å². The molecule has 0 spiro atoms. The summed E-state index contributed by atoms with van der Waals surface area (Å²) in [6, 6.07) is 4.23. The normalized spacial score (nSPS) is 12.4. The largest absolute Gasteiger partial charge is 0.380 e. The fourth-order valence-electron chi connectivity index (χ4n) is 1.95. The van der Waals surface area contributed by atoms with E-state index in [-0.39, 0.29) is 6.04 Å². The monoisotopic (exact) mass is 251 g/mol. The van der Waals surface area contributed by atoms with E-state index in [1.165, 1.54) is 5.56 Å². The molecule has 1 atom stereocenters. The van der Waals surface area contributed by atoms with Crippen molar-refractivity contribution in [1.82, 2.24) is 4.98 Å². The van der Waals surface area contributed by atoms with Crippen molar-refractivity contribution in [2.75, 3.05) is 31.2 Å². The van der Waals surface area contributed by atoms with E-state index in [1.807, 2.05) is 26.1 Å². The van der Waals surface area contributed by atoms with Crippen molar-refractivity contribution in [3.8, 4) is 0 Å². The molecule has 0 saturated heterocycles. The minimum atomic E-state index is 0.151. The molecule has 1 heterocycles. The molecule has 102 valence electrons. The third-order valence-corrected chi connectivity index (χ3v) is 2.80. The van der Waals surface area contributed by atoms with Crippen LogP contribution in [0.5, 0.6) is 0 Å². The lowest BCUT2D eigenvalue weighted by atomic mass is 10.1. The Morgan fingerprint density at radius 3 is 2.83 bits per heavy atom. The molecule has 0 saturated carbocycles. The standard InChI is InChI=1S/C14H25N3O/c1-4-17(9-10-18-5-2)14-13(11-12(3)15)7-6-8-16-14/h6-8,12H,4-5,9-11,15H2,1-3H3. The van der Waals surface area contributed by atoms with Crippen molar-refractivity contribution in [3.63, 3.8) is 0 Å². The second-order valence-corrected chi connectivity index (χ2v) is 4.44. The number of likely N-dealkylation sites (N-methyl/N-ethyl adjacent to an activating group) is 1. The molecule has 0 aliphatic rings. The molecule has 4 heteroatoms. The van der Waals surface area contributed by atoms with Gasteiger partial charge in [-0.2, -0.15) is 0 Å². The van der Waals surface area contributed by atoms with Crippen LogP contribution < -0.4 is 10.6 Å². The molecule has 0 aliphatic carbocycles. The lowest BCUT2D eigenvalue weighted by molar-refractivity contribution is 0.154. The van der Waals surface area contributed by atoms with Gasteiger partial charge >= 0.3 is 0 Å². The lowest BCUT2D eigenvalue weighted by Crippen LogP contribution is -2.30. The molecule has 1 rings (SSSR count). The number of hydrogen-bond acceptors (Lipinski definition) is 4. The third-order valence-electron chi connectivity index (χ3n) is 2.80. The zero-order chi connectivity index (χ0) is 13.4. The van der Waals surface area contributed by atoms with Crippen LogP contribution in [0, 0.1) is 0 Å². The summed E-state index contributed by atoms with van der Waals surface area (Å²) < 4.78 is 5.41. The quantitative estimate of drug-likeness (QED) is 0.716. The highest BCUT2D eigenvalue weighted by atomic mass is 16.5. The molecule has 18 heavy (non-hydrogen) atoms. The maximum atomic E-state index is 5.89. The van der Waals surface area contributed by atoms with Crippen LogP contribution >= 0.6 is 0 Å². The van der Waals surface area contributed by atoms with E-state index in [1.54, 1.807) is 0 Å². The Morgan fingerprint density at radius 2 is 2.22 bits per heavy atom. The second kappa shape index (κ2) is 8.06. The Morgan fingerprint density at radius 1 is 1.44 bits per heavy atom. The first-order valence-electron chi connectivity index (χ1n) is 6.71. The van der Waals surface area contributed by atoms with Crippen LogP contribution in [0.15, 0.2) is 18.3 Å². The van der Waals surface area contributed by atoms with Crippen molar-refractivity contribution in [3.05, 3.63) is 23.9 Å². The van der Waals surface area contributed by atoms with Crippen LogP contribution in [0.2, 0.25) is 0 Å². The van der Waals surface area contributed by atoms with Gasteiger partial charge in [0.2, 0.25) is 0 Å². The van der Waals surface area contributed by atoms with Gasteiger partial charge in [0, 0.05) is 31.9 Å². The van der Waals surface area contributed by atoms with Gasteiger partial charge in [0.25, 0.3) is 0 Å². The Labute approximate surface area is 110 Å². The van der Waals surface area contributed by atoms with Gasteiger partial charge in [-0.1, -0.05) is 6.07 Å². The fourth-order valence-corrected chi connectivity index (χ4v) is 1.95. The van der Waals surface area contributed by atoms with E-state index in [9.17, 15) is 0 Å². The van der Waals surface area contributed by atoms with E-state index in [0.717, 1.165) is 38.5 Å². The highest BCUT2D eigenvalue weighted by molar-refractivity contribution is 5.47. The molecule has 0 radical (unpaired) electrons. The van der Waals surface area contributed by atoms with Gasteiger partial charge in [-0.05, 0) is 38.8 Å². The van der Waals surface area contributed by atoms with Crippen LogP contribution in [-0.2, 0) is 11.2 Å². The van der Waals surface area contributed by atoms with Gasteiger partial charge in [0.1, 0.15) is 5.82 Å². The summed E-state index contributed by atoms with van der Waals surface area (Å²) in [4.78, 5) is 6.74. The van der Waals surface area contributed by atoms with Crippen LogP contribution in [-0.4, -0.2) is 37.3 Å². The van der Waals surface area contributed by atoms with E-state index in [2.05, 4.69) is 22.9 Å². The summed E-state index contributed by atoms with van der Waals surface area (Å²) in [5.74, 6) is 1.04. The van der Waals surface area contributed by atoms with Crippen molar-refractivity contribution in [2.24, 2.45) is 5.73 Å². The average molecular weight is 251 g/mol. The number of nitrogens with two attached hydrogens (primary N) is 1. The predicted octanol–water partition coefficient (Wildman–Crippen LogP) is 1.83. The van der Waals surface area contributed by atoms with Crippen LogP contribution in [0.1, 0.15) is 26.3 Å². The number of ether oxygens (including phenoxy) is 1. The summed E-state index contributed by atoms with van der Waals surface area (Å²) in [6.45, 7) is 9.45. The zero-order valence-electron chi connectivity index (χ0n) is 11.7. The summed E-state index contributed by atoms with van der Waals surface area (Å²) in [6.07, 6.45) is 2.69. The fraction of sp³-hybridized carbons (Fsp3) is 0.643. The zero-order valence-corrected chi connectivity index (χ0v) is 11.7. The second-order valence-electron chi connectivity index (χ2n) is 4.44. The molecule has 0 aromatic carbocycles. The Bertz CT molecular complexity index is 342. The first kappa shape index (κ1) is 14.9. The van der Waals surface area contributed by atoms with Crippen LogP contribution in [0.3, 0.4) is 0 Å². The minimum absolute atomic E-state index is 0.151. The molecule has 0 amide bonds. The molecule has 0 fully saturated rings. The predicted molar refractivity (Wildman–Crippen MR) is 76.0 cm³/mol. The number of anilines is 1. The van der Waals surface area contributed by atoms with Gasteiger partial charge in [0.05, 0.1) is 6.61 Å². The van der Waals surface area contributed by atoms with E-state index in [0.29, 0.717) is 0 Å². The number of pyridine rings is 1. The lowest BCUT2D eigenvalue weighted by Gasteiger charge is -2.24. The molecular weight excluding hydrogens is 226 g/mol. The van der Waals surface area contributed by atoms with Gasteiger partial charge in [0.15, 0.2) is 0 Å². The third kappa shape index (κ3) is 4.63. The smallest absolute Gasteiger partial charge is 0.131 e. The van der Waals surface area contributed by atoms with Crippen molar-refractivity contribution >= 4 is 5.82 Å². The minimum Gasteiger partial charge on any atom is -0.380 e. The van der Waals surface area contributed by atoms with Crippen LogP contribution in [0.4, 0.5) is 5.82 Å². The summed E-state index contributed by atoms with van der Waals surface area (Å²) in [7, 11) is 0. The number of hydrogen-bond donors (Lipinski definition) is 1. The number of aromatic nitrogens is 1. The van der Waals surface area contributed by atoms with Crippen molar-refractivity contribution in [2.45, 2.75) is 33.2 Å². The Kier molecular flexibility index (Phi) is 6.68. The summed E-state index contributed by atoms with van der Waals surface area (Å²) >= 11 is 0. The maximum Gasteiger partial charge on any atom is 0.131 e. The Balaban J connectivity index is 2.77. The van der Waals surface area contributed by atoms with Gasteiger partial charge < -0.3 is 15.4 Å². The number of nitrogens with zero attached hydrogens (tertiary/aromatic N) is 2. The molecule has 0 bridgehead atoms.